The lowest BCUT2D eigenvalue weighted by Gasteiger charge is -1.96. The first-order chi connectivity index (χ1) is 5.63. The molecule has 0 bridgehead atoms. The fourth-order valence-corrected chi connectivity index (χ4v) is 1.07. The number of nitrogens with zero attached hydrogens (tertiary/aromatic N) is 1. The SMILES string of the molecule is O=[N+]([O-])c1cc(Cl)cc(CF)c1. The summed E-state index contributed by atoms with van der Waals surface area (Å²) in [7, 11) is 0. The Balaban J connectivity index is 3.15. The molecule has 0 heterocycles. The predicted octanol–water partition coefficient (Wildman–Crippen LogP) is 2.72. The third kappa shape index (κ3) is 1.92. The van der Waals surface area contributed by atoms with E-state index in [1.807, 2.05) is 0 Å². The largest absolute Gasteiger partial charge is 0.271 e. The molecule has 0 spiro atoms. The van der Waals surface area contributed by atoms with E-state index in [1.165, 1.54) is 12.1 Å². The molecular weight excluding hydrogens is 185 g/mol. The van der Waals surface area contributed by atoms with Crippen molar-refractivity contribution in [3.8, 4) is 0 Å². The lowest BCUT2D eigenvalue weighted by Crippen LogP contribution is -1.89. The van der Waals surface area contributed by atoms with Gasteiger partial charge < -0.3 is 0 Å². The second kappa shape index (κ2) is 3.49. The molecule has 64 valence electrons. The van der Waals surface area contributed by atoms with E-state index in [0.717, 1.165) is 6.07 Å². The van der Waals surface area contributed by atoms with Crippen LogP contribution in [-0.2, 0) is 6.67 Å². The van der Waals surface area contributed by atoms with E-state index < -0.39 is 11.6 Å². The summed E-state index contributed by atoms with van der Waals surface area (Å²) >= 11 is 5.50. The van der Waals surface area contributed by atoms with Crippen molar-refractivity contribution >= 4 is 17.3 Å². The maximum Gasteiger partial charge on any atom is 0.271 e. The second-order valence-electron chi connectivity index (χ2n) is 2.21. The molecule has 0 amide bonds. The van der Waals surface area contributed by atoms with E-state index in [-0.39, 0.29) is 16.3 Å². The Bertz CT molecular complexity index is 316. The summed E-state index contributed by atoms with van der Waals surface area (Å²) in [5.74, 6) is 0. The summed E-state index contributed by atoms with van der Waals surface area (Å²) in [5, 5.41) is 10.4. The lowest BCUT2D eigenvalue weighted by molar-refractivity contribution is -0.384. The highest BCUT2D eigenvalue weighted by atomic mass is 35.5. The quantitative estimate of drug-likeness (QED) is 0.530. The monoisotopic (exact) mass is 189 g/mol. The van der Waals surface area contributed by atoms with Gasteiger partial charge in [0.25, 0.3) is 5.69 Å². The highest BCUT2D eigenvalue weighted by molar-refractivity contribution is 6.30. The van der Waals surface area contributed by atoms with E-state index in [9.17, 15) is 14.5 Å². The van der Waals surface area contributed by atoms with Gasteiger partial charge in [0.05, 0.1) is 4.92 Å². The maximum atomic E-state index is 12.1. The fourth-order valence-electron chi connectivity index (χ4n) is 0.816. The first kappa shape index (κ1) is 8.93. The molecule has 0 unspecified atom stereocenters. The number of halogens is 2. The average molecular weight is 190 g/mol. The van der Waals surface area contributed by atoms with Gasteiger partial charge >= 0.3 is 0 Å². The van der Waals surface area contributed by atoms with Gasteiger partial charge in [-0.15, -0.1) is 0 Å². The molecule has 0 fully saturated rings. The van der Waals surface area contributed by atoms with Crippen molar-refractivity contribution in [3.05, 3.63) is 38.9 Å². The normalized spacial score (nSPS) is 9.83. The molecule has 0 atom stereocenters. The zero-order chi connectivity index (χ0) is 9.14. The minimum Gasteiger partial charge on any atom is -0.258 e. The molecule has 0 aliphatic carbocycles. The van der Waals surface area contributed by atoms with Gasteiger partial charge in [0, 0.05) is 17.2 Å². The van der Waals surface area contributed by atoms with E-state index >= 15 is 0 Å². The van der Waals surface area contributed by atoms with Gasteiger partial charge in [-0.3, -0.25) is 10.1 Å². The molecule has 0 saturated heterocycles. The number of alkyl halides is 1. The van der Waals surface area contributed by atoms with Gasteiger partial charge in [-0.1, -0.05) is 11.6 Å². The summed E-state index contributed by atoms with van der Waals surface area (Å²) in [4.78, 5) is 9.64. The number of benzene rings is 1. The zero-order valence-corrected chi connectivity index (χ0v) is 6.71. The number of nitro benzene ring substituents is 1. The molecule has 0 aromatic heterocycles. The summed E-state index contributed by atoms with van der Waals surface area (Å²) in [6.07, 6.45) is 0. The third-order valence-corrected chi connectivity index (χ3v) is 1.53. The Labute approximate surface area is 72.9 Å². The number of rotatable bonds is 2. The molecule has 0 N–H and O–H groups in total. The number of non-ortho nitro benzene ring substituents is 1. The Hall–Kier alpha value is -1.16. The summed E-state index contributed by atoms with van der Waals surface area (Å²) in [6, 6.07) is 3.70. The van der Waals surface area contributed by atoms with E-state index in [1.54, 1.807) is 0 Å². The van der Waals surface area contributed by atoms with Gasteiger partial charge in [0.2, 0.25) is 0 Å². The van der Waals surface area contributed by atoms with Crippen LogP contribution in [0.25, 0.3) is 0 Å². The van der Waals surface area contributed by atoms with Crippen molar-refractivity contribution in [2.75, 3.05) is 0 Å². The molecule has 0 aliphatic rings. The summed E-state index contributed by atoms with van der Waals surface area (Å²) in [6.45, 7) is -0.749. The van der Waals surface area contributed by atoms with Crippen LogP contribution in [0.15, 0.2) is 18.2 Å². The molecule has 12 heavy (non-hydrogen) atoms. The number of hydrogen-bond acceptors (Lipinski definition) is 2. The molecule has 3 nitrogen and oxygen atoms in total. The summed E-state index contributed by atoms with van der Waals surface area (Å²) < 4.78 is 12.1. The van der Waals surface area contributed by atoms with Crippen LogP contribution in [-0.4, -0.2) is 4.92 Å². The molecule has 0 saturated carbocycles. The van der Waals surface area contributed by atoms with Crippen molar-refractivity contribution in [1.29, 1.82) is 0 Å². The molecular formula is C7H5ClFNO2. The number of hydrogen-bond donors (Lipinski definition) is 0. The van der Waals surface area contributed by atoms with E-state index in [0.29, 0.717) is 0 Å². The highest BCUT2D eigenvalue weighted by Gasteiger charge is 2.07. The standard InChI is InChI=1S/C7H5ClFNO2/c8-6-1-5(4-9)2-7(3-6)10(11)12/h1-3H,4H2. The van der Waals surface area contributed by atoms with Gasteiger partial charge in [-0.25, -0.2) is 4.39 Å². The molecule has 1 aromatic carbocycles. The van der Waals surface area contributed by atoms with Crippen molar-refractivity contribution in [2.24, 2.45) is 0 Å². The van der Waals surface area contributed by atoms with Gasteiger partial charge in [0.1, 0.15) is 6.67 Å². The van der Waals surface area contributed by atoms with Crippen LogP contribution in [0.2, 0.25) is 5.02 Å². The summed E-state index contributed by atoms with van der Waals surface area (Å²) in [5.41, 5.74) is 0.0318. The Morgan fingerprint density at radius 3 is 2.67 bits per heavy atom. The second-order valence-corrected chi connectivity index (χ2v) is 2.64. The molecule has 0 aliphatic heterocycles. The Morgan fingerprint density at radius 2 is 2.17 bits per heavy atom. The van der Waals surface area contributed by atoms with Crippen molar-refractivity contribution in [3.63, 3.8) is 0 Å². The van der Waals surface area contributed by atoms with E-state index in [4.69, 9.17) is 11.6 Å². The van der Waals surface area contributed by atoms with Crippen LogP contribution in [0.5, 0.6) is 0 Å². The molecule has 5 heteroatoms. The smallest absolute Gasteiger partial charge is 0.258 e. The topological polar surface area (TPSA) is 43.1 Å². The van der Waals surface area contributed by atoms with Gasteiger partial charge in [-0.05, 0) is 11.6 Å². The Morgan fingerprint density at radius 1 is 1.50 bits per heavy atom. The van der Waals surface area contributed by atoms with Crippen LogP contribution < -0.4 is 0 Å². The van der Waals surface area contributed by atoms with Crippen molar-refractivity contribution in [1.82, 2.24) is 0 Å². The van der Waals surface area contributed by atoms with Crippen LogP contribution in [0.4, 0.5) is 10.1 Å². The Kier molecular flexibility index (Phi) is 2.60. The molecule has 1 aromatic rings. The van der Waals surface area contributed by atoms with Crippen molar-refractivity contribution < 1.29 is 9.31 Å². The fraction of sp³-hybridized carbons (Fsp3) is 0.143. The minimum absolute atomic E-state index is 0.178. The first-order valence-electron chi connectivity index (χ1n) is 3.13. The van der Waals surface area contributed by atoms with Crippen LogP contribution >= 0.6 is 11.6 Å². The zero-order valence-electron chi connectivity index (χ0n) is 5.96. The van der Waals surface area contributed by atoms with Crippen LogP contribution in [0, 0.1) is 10.1 Å². The molecule has 0 radical (unpaired) electrons. The lowest BCUT2D eigenvalue weighted by atomic mass is 10.2. The van der Waals surface area contributed by atoms with Crippen LogP contribution in [0.1, 0.15) is 5.56 Å². The van der Waals surface area contributed by atoms with Gasteiger partial charge in [-0.2, -0.15) is 0 Å². The first-order valence-corrected chi connectivity index (χ1v) is 3.51. The van der Waals surface area contributed by atoms with Gasteiger partial charge in [0.15, 0.2) is 0 Å². The average Bonchev–Trinajstić information content (AvgIpc) is 2.03. The predicted molar refractivity (Wildman–Crippen MR) is 42.9 cm³/mol. The highest BCUT2D eigenvalue weighted by Crippen LogP contribution is 2.21. The van der Waals surface area contributed by atoms with E-state index in [2.05, 4.69) is 0 Å². The van der Waals surface area contributed by atoms with Crippen LogP contribution in [0.3, 0.4) is 0 Å². The third-order valence-electron chi connectivity index (χ3n) is 1.31. The number of nitro groups is 1. The minimum atomic E-state index is -0.749. The van der Waals surface area contributed by atoms with Crippen molar-refractivity contribution in [2.45, 2.75) is 6.67 Å². The molecule has 1 rings (SSSR count). The maximum absolute atomic E-state index is 12.1.